The molecule has 0 bridgehead atoms. The van der Waals surface area contributed by atoms with Crippen molar-refractivity contribution in [2.45, 2.75) is 25.8 Å². The zero-order valence-electron chi connectivity index (χ0n) is 6.41. The number of amides is 2. The third kappa shape index (κ3) is 1.40. The van der Waals surface area contributed by atoms with Crippen molar-refractivity contribution in [3.8, 4) is 0 Å². The molecule has 11 heavy (non-hydrogen) atoms. The monoisotopic (exact) mass is 157 g/mol. The first-order valence-electron chi connectivity index (χ1n) is 3.62. The molecule has 1 saturated heterocycles. The number of nitrogens with zero attached hydrogens (tertiary/aromatic N) is 1. The minimum Gasteiger partial charge on any atom is -0.394 e. The lowest BCUT2D eigenvalue weighted by atomic mass is 10.3. The zero-order chi connectivity index (χ0) is 8.43. The third-order valence-corrected chi connectivity index (χ3v) is 1.80. The normalized spacial score (nSPS) is 21.1. The van der Waals surface area contributed by atoms with Crippen LogP contribution in [-0.4, -0.2) is 34.5 Å². The molecule has 1 rings (SSSR count). The van der Waals surface area contributed by atoms with Gasteiger partial charge in [-0.15, -0.1) is 0 Å². The second kappa shape index (κ2) is 3.00. The van der Waals surface area contributed by atoms with Crippen LogP contribution >= 0.6 is 0 Å². The number of carbonyl (C=O) groups excluding carboxylic acids is 2. The van der Waals surface area contributed by atoms with Crippen molar-refractivity contribution in [2.24, 2.45) is 0 Å². The molecular weight excluding hydrogens is 146 g/mol. The van der Waals surface area contributed by atoms with Gasteiger partial charge >= 0.3 is 0 Å². The van der Waals surface area contributed by atoms with Crippen LogP contribution in [0.2, 0.25) is 0 Å². The first kappa shape index (κ1) is 8.20. The maximum Gasteiger partial charge on any atom is 0.230 e. The molecule has 1 atom stereocenters. The maximum absolute atomic E-state index is 11.0. The van der Waals surface area contributed by atoms with Gasteiger partial charge in [-0.25, -0.2) is 0 Å². The van der Waals surface area contributed by atoms with E-state index in [4.69, 9.17) is 5.11 Å². The van der Waals surface area contributed by atoms with Crippen LogP contribution in [0.3, 0.4) is 0 Å². The van der Waals surface area contributed by atoms with Gasteiger partial charge in [-0.05, 0) is 6.92 Å². The molecule has 4 heteroatoms. The number of carbonyl (C=O) groups is 2. The standard InChI is InChI=1S/C7H11NO3/c1-5(4-9)8-6(10)2-3-7(8)11/h5,9H,2-4H2,1H3/t5-/m1/s1. The van der Waals surface area contributed by atoms with Gasteiger partial charge in [-0.1, -0.05) is 0 Å². The fourth-order valence-corrected chi connectivity index (χ4v) is 1.17. The summed E-state index contributed by atoms with van der Waals surface area (Å²) in [5, 5.41) is 8.68. The summed E-state index contributed by atoms with van der Waals surface area (Å²) in [6.07, 6.45) is 0.590. The molecule has 0 saturated carbocycles. The number of aliphatic hydroxyl groups excluding tert-OH is 1. The molecule has 1 N–H and O–H groups in total. The van der Waals surface area contributed by atoms with E-state index in [-0.39, 0.29) is 24.5 Å². The van der Waals surface area contributed by atoms with Crippen LogP contribution in [0, 0.1) is 0 Å². The Kier molecular flexibility index (Phi) is 2.24. The van der Waals surface area contributed by atoms with E-state index in [2.05, 4.69) is 0 Å². The van der Waals surface area contributed by atoms with Crippen LogP contribution in [0.25, 0.3) is 0 Å². The number of hydrogen-bond donors (Lipinski definition) is 1. The smallest absolute Gasteiger partial charge is 0.230 e. The average molecular weight is 157 g/mol. The summed E-state index contributed by atoms with van der Waals surface area (Å²) < 4.78 is 0. The lowest BCUT2D eigenvalue weighted by Gasteiger charge is -2.19. The SMILES string of the molecule is C[C@H](CO)N1C(=O)CCC1=O. The van der Waals surface area contributed by atoms with Gasteiger partial charge in [-0.3, -0.25) is 14.5 Å². The Labute approximate surface area is 64.8 Å². The molecule has 4 nitrogen and oxygen atoms in total. The van der Waals surface area contributed by atoms with Gasteiger partial charge in [0.25, 0.3) is 0 Å². The molecule has 1 aliphatic rings. The summed E-state index contributed by atoms with van der Waals surface area (Å²) in [7, 11) is 0. The minimum absolute atomic E-state index is 0.155. The summed E-state index contributed by atoms with van der Waals surface area (Å²) in [4.78, 5) is 23.1. The molecule has 1 aliphatic heterocycles. The average Bonchev–Trinajstić information content (AvgIpc) is 2.30. The number of hydrogen-bond acceptors (Lipinski definition) is 3. The maximum atomic E-state index is 11.0. The Hall–Kier alpha value is -0.900. The Morgan fingerprint density at radius 3 is 2.27 bits per heavy atom. The summed E-state index contributed by atoms with van der Waals surface area (Å²) in [6, 6.07) is -0.363. The van der Waals surface area contributed by atoms with E-state index in [9.17, 15) is 9.59 Å². The van der Waals surface area contributed by atoms with E-state index >= 15 is 0 Å². The first-order valence-corrected chi connectivity index (χ1v) is 3.62. The predicted octanol–water partition coefficient (Wildman–Crippen LogP) is -0.484. The first-order chi connectivity index (χ1) is 5.16. The zero-order valence-corrected chi connectivity index (χ0v) is 6.41. The van der Waals surface area contributed by atoms with E-state index in [1.807, 2.05) is 0 Å². The van der Waals surface area contributed by atoms with Gasteiger partial charge in [0.15, 0.2) is 0 Å². The Morgan fingerprint density at radius 1 is 1.45 bits per heavy atom. The van der Waals surface area contributed by atoms with Crippen LogP contribution in [0.4, 0.5) is 0 Å². The fraction of sp³-hybridized carbons (Fsp3) is 0.714. The summed E-state index contributed by atoms with van der Waals surface area (Å²) >= 11 is 0. The molecule has 0 aromatic carbocycles. The Balaban J connectivity index is 2.68. The highest BCUT2D eigenvalue weighted by Gasteiger charge is 2.32. The highest BCUT2D eigenvalue weighted by molar-refractivity contribution is 6.02. The van der Waals surface area contributed by atoms with E-state index in [0.29, 0.717) is 12.8 Å². The summed E-state index contributed by atoms with van der Waals surface area (Å²) in [5.74, 6) is -0.340. The summed E-state index contributed by atoms with van der Waals surface area (Å²) in [6.45, 7) is 1.50. The molecule has 1 heterocycles. The van der Waals surface area contributed by atoms with E-state index in [1.54, 1.807) is 6.92 Å². The summed E-state index contributed by atoms with van der Waals surface area (Å²) in [5.41, 5.74) is 0. The number of imide groups is 1. The molecule has 1 fully saturated rings. The van der Waals surface area contributed by atoms with Crippen molar-refractivity contribution in [1.29, 1.82) is 0 Å². The lowest BCUT2D eigenvalue weighted by molar-refractivity contribution is -0.141. The van der Waals surface area contributed by atoms with E-state index in [0.717, 1.165) is 4.90 Å². The van der Waals surface area contributed by atoms with E-state index in [1.165, 1.54) is 0 Å². The van der Waals surface area contributed by atoms with Gasteiger partial charge in [0, 0.05) is 12.8 Å². The molecule has 62 valence electrons. The highest BCUT2D eigenvalue weighted by atomic mass is 16.3. The van der Waals surface area contributed by atoms with Gasteiger partial charge in [0.1, 0.15) is 0 Å². The van der Waals surface area contributed by atoms with Crippen molar-refractivity contribution in [3.05, 3.63) is 0 Å². The quantitative estimate of drug-likeness (QED) is 0.550. The second-order valence-corrected chi connectivity index (χ2v) is 2.69. The van der Waals surface area contributed by atoms with Crippen molar-refractivity contribution < 1.29 is 14.7 Å². The predicted molar refractivity (Wildman–Crippen MR) is 37.6 cm³/mol. The molecule has 0 aromatic heterocycles. The van der Waals surface area contributed by atoms with Crippen molar-refractivity contribution in [1.82, 2.24) is 4.90 Å². The van der Waals surface area contributed by atoms with Gasteiger partial charge in [0.05, 0.1) is 12.6 Å². The molecule has 2 amide bonds. The molecule has 0 radical (unpaired) electrons. The third-order valence-electron chi connectivity index (χ3n) is 1.80. The van der Waals surface area contributed by atoms with Crippen molar-refractivity contribution in [2.75, 3.05) is 6.61 Å². The van der Waals surface area contributed by atoms with Crippen LogP contribution in [0.15, 0.2) is 0 Å². The molecular formula is C7H11NO3. The molecule has 0 aliphatic carbocycles. The number of aliphatic hydroxyl groups is 1. The largest absolute Gasteiger partial charge is 0.394 e. The number of likely N-dealkylation sites (tertiary alicyclic amines) is 1. The van der Waals surface area contributed by atoms with Crippen molar-refractivity contribution in [3.63, 3.8) is 0 Å². The van der Waals surface area contributed by atoms with Gasteiger partial charge in [0.2, 0.25) is 11.8 Å². The molecule has 0 aromatic rings. The fourth-order valence-electron chi connectivity index (χ4n) is 1.17. The van der Waals surface area contributed by atoms with Crippen molar-refractivity contribution >= 4 is 11.8 Å². The molecule has 0 unspecified atom stereocenters. The topological polar surface area (TPSA) is 57.6 Å². The number of rotatable bonds is 2. The van der Waals surface area contributed by atoms with Gasteiger partial charge in [-0.2, -0.15) is 0 Å². The highest BCUT2D eigenvalue weighted by Crippen LogP contribution is 2.14. The Bertz CT molecular complexity index is 174. The lowest BCUT2D eigenvalue weighted by Crippen LogP contribution is -2.39. The van der Waals surface area contributed by atoms with Crippen LogP contribution in [0.1, 0.15) is 19.8 Å². The van der Waals surface area contributed by atoms with Crippen LogP contribution < -0.4 is 0 Å². The van der Waals surface area contributed by atoms with Crippen LogP contribution in [-0.2, 0) is 9.59 Å². The second-order valence-electron chi connectivity index (χ2n) is 2.69. The van der Waals surface area contributed by atoms with E-state index < -0.39 is 0 Å². The van der Waals surface area contributed by atoms with Crippen LogP contribution in [0.5, 0.6) is 0 Å². The minimum atomic E-state index is -0.363. The van der Waals surface area contributed by atoms with Gasteiger partial charge < -0.3 is 5.11 Å². The molecule has 0 spiro atoms. The Morgan fingerprint density at radius 2 is 1.91 bits per heavy atom.